The molecule has 9 nitrogen and oxygen atoms in total. The molecule has 0 spiro atoms. The minimum Gasteiger partial charge on any atom is -0.470 e. The highest BCUT2D eigenvalue weighted by Crippen LogP contribution is 2.45. The summed E-state index contributed by atoms with van der Waals surface area (Å²) < 4.78 is 15.5. The van der Waals surface area contributed by atoms with Crippen LogP contribution in [-0.2, 0) is 11.8 Å². The average Bonchev–Trinajstić information content (AvgIpc) is 3.33. The van der Waals surface area contributed by atoms with Gasteiger partial charge in [-0.05, 0) is 46.5 Å². The highest BCUT2D eigenvalue weighted by molar-refractivity contribution is 5.69. The van der Waals surface area contributed by atoms with Crippen LogP contribution in [0.2, 0.25) is 0 Å². The fourth-order valence-electron chi connectivity index (χ4n) is 4.33. The van der Waals surface area contributed by atoms with E-state index in [0.29, 0.717) is 24.6 Å². The molecule has 184 valence electrons. The molecule has 0 aromatic carbocycles. The van der Waals surface area contributed by atoms with Crippen molar-refractivity contribution in [2.45, 2.75) is 90.4 Å². The van der Waals surface area contributed by atoms with Crippen molar-refractivity contribution in [2.24, 2.45) is 7.05 Å². The summed E-state index contributed by atoms with van der Waals surface area (Å²) in [6.45, 7) is 11.6. The Kier molecular flexibility index (Phi) is 6.31. The summed E-state index contributed by atoms with van der Waals surface area (Å²) in [6, 6.07) is 0.0141. The molecule has 2 aliphatic rings. The molecule has 0 radical (unpaired) electrons. The zero-order valence-electron chi connectivity index (χ0n) is 21.3. The van der Waals surface area contributed by atoms with Crippen LogP contribution in [0.4, 0.5) is 4.79 Å². The molecule has 0 aliphatic heterocycles. The smallest absolute Gasteiger partial charge is 0.407 e. The number of ether oxygens (including phenoxy) is 2. The summed E-state index contributed by atoms with van der Waals surface area (Å²) in [6.07, 6.45) is 10.9. The number of nitrogens with zero attached hydrogens (tertiary/aromatic N) is 5. The van der Waals surface area contributed by atoms with Gasteiger partial charge in [0.1, 0.15) is 16.7 Å². The molecular weight excluding hydrogens is 432 g/mol. The van der Waals surface area contributed by atoms with Gasteiger partial charge in [0.2, 0.25) is 5.88 Å². The number of carbonyl (C=O) groups excluding carboxylic acids is 1. The van der Waals surface area contributed by atoms with Gasteiger partial charge >= 0.3 is 6.09 Å². The normalized spacial score (nSPS) is 21.9. The second-order valence-electron chi connectivity index (χ2n) is 10.3. The Labute approximate surface area is 200 Å². The van der Waals surface area contributed by atoms with Crippen LogP contribution in [0.3, 0.4) is 0 Å². The van der Waals surface area contributed by atoms with E-state index >= 15 is 0 Å². The minimum atomic E-state index is -0.517. The van der Waals surface area contributed by atoms with Gasteiger partial charge in [-0.1, -0.05) is 13.8 Å². The van der Waals surface area contributed by atoms with Gasteiger partial charge in [-0.3, -0.25) is 4.68 Å². The molecule has 0 atom stereocenters. The van der Waals surface area contributed by atoms with Gasteiger partial charge in [-0.2, -0.15) is 10.2 Å². The van der Waals surface area contributed by atoms with Crippen molar-refractivity contribution in [3.05, 3.63) is 30.4 Å². The number of aryl methyl sites for hydroxylation is 1. The van der Waals surface area contributed by atoms with E-state index in [2.05, 4.69) is 22.4 Å². The number of amides is 1. The number of nitrogens with one attached hydrogen (secondary N) is 1. The average molecular weight is 469 g/mol. The van der Waals surface area contributed by atoms with Gasteiger partial charge in [-0.15, -0.1) is 0 Å². The third kappa shape index (κ3) is 5.18. The first kappa shape index (κ1) is 24.0. The van der Waals surface area contributed by atoms with Crippen LogP contribution in [0.15, 0.2) is 24.8 Å². The first-order valence-corrected chi connectivity index (χ1v) is 12.1. The molecule has 0 saturated heterocycles. The van der Waals surface area contributed by atoms with Crippen LogP contribution in [0.25, 0.3) is 16.8 Å². The van der Waals surface area contributed by atoms with Crippen LogP contribution >= 0.6 is 0 Å². The van der Waals surface area contributed by atoms with Crippen molar-refractivity contribution in [1.82, 2.24) is 29.7 Å². The number of carbonyl (C=O) groups is 1. The zero-order valence-corrected chi connectivity index (χ0v) is 21.3. The lowest BCUT2D eigenvalue weighted by atomic mass is 9.77. The van der Waals surface area contributed by atoms with Crippen LogP contribution < -0.4 is 10.1 Å². The van der Waals surface area contributed by atoms with E-state index in [-0.39, 0.29) is 6.04 Å². The molecule has 34 heavy (non-hydrogen) atoms. The van der Waals surface area contributed by atoms with Crippen LogP contribution in [-0.4, -0.2) is 47.7 Å². The second-order valence-corrected chi connectivity index (χ2v) is 10.3. The lowest BCUT2D eigenvalue weighted by molar-refractivity contribution is -0.0217. The Morgan fingerprint density at radius 1 is 1.15 bits per heavy atom. The van der Waals surface area contributed by atoms with Gasteiger partial charge in [0.15, 0.2) is 0 Å². The second kappa shape index (κ2) is 8.92. The maximum atomic E-state index is 12.1. The number of rotatable bonds is 5. The molecule has 0 unspecified atom stereocenters. The maximum Gasteiger partial charge on any atom is 0.407 e. The summed E-state index contributed by atoms with van der Waals surface area (Å²) >= 11 is 0. The van der Waals surface area contributed by atoms with Crippen LogP contribution in [0, 0.1) is 0 Å². The number of alkyl carbamates (subject to hydrolysis) is 1. The van der Waals surface area contributed by atoms with Crippen molar-refractivity contribution in [3.63, 3.8) is 0 Å². The molecule has 1 amide bonds. The molecule has 9 heteroatoms. The molecular formula is C25H36N6O3. The van der Waals surface area contributed by atoms with Crippen molar-refractivity contribution in [3.8, 4) is 17.1 Å². The molecule has 0 bridgehead atoms. The quantitative estimate of drug-likeness (QED) is 0.575. The molecule has 2 saturated carbocycles. The Bertz CT molecular complexity index is 1170. The summed E-state index contributed by atoms with van der Waals surface area (Å²) in [7, 11) is 1.88. The van der Waals surface area contributed by atoms with E-state index in [0.717, 1.165) is 16.8 Å². The van der Waals surface area contributed by atoms with Crippen molar-refractivity contribution in [2.75, 3.05) is 0 Å². The fourth-order valence-corrected chi connectivity index (χ4v) is 4.33. The Morgan fingerprint density at radius 2 is 1.85 bits per heavy atom. The van der Waals surface area contributed by atoms with Crippen molar-refractivity contribution >= 4 is 11.6 Å². The largest absolute Gasteiger partial charge is 0.470 e. The predicted molar refractivity (Wildman–Crippen MR) is 130 cm³/mol. The highest BCUT2D eigenvalue weighted by atomic mass is 16.6. The molecule has 2 fully saturated rings. The Balaban J connectivity index is 0.00000133. The van der Waals surface area contributed by atoms with Crippen molar-refractivity contribution < 1.29 is 14.3 Å². The molecule has 5 rings (SSSR count). The summed E-state index contributed by atoms with van der Waals surface area (Å²) in [4.78, 5) is 17.0. The number of aromatic nitrogens is 5. The minimum absolute atomic E-state index is 0.0141. The number of fused-ring (bicyclic) bond motifs is 1. The van der Waals surface area contributed by atoms with Crippen molar-refractivity contribution in [1.29, 1.82) is 0 Å². The first-order chi connectivity index (χ1) is 16.1. The van der Waals surface area contributed by atoms with E-state index in [4.69, 9.17) is 14.5 Å². The Morgan fingerprint density at radius 3 is 2.44 bits per heavy atom. The van der Waals surface area contributed by atoms with Gasteiger partial charge < -0.3 is 14.8 Å². The van der Waals surface area contributed by atoms with Gasteiger partial charge in [-0.25, -0.2) is 14.3 Å². The predicted octanol–water partition coefficient (Wildman–Crippen LogP) is 4.86. The van der Waals surface area contributed by atoms with Gasteiger partial charge in [0.25, 0.3) is 0 Å². The highest BCUT2D eigenvalue weighted by Gasteiger charge is 2.45. The van der Waals surface area contributed by atoms with Crippen LogP contribution in [0.5, 0.6) is 5.88 Å². The van der Waals surface area contributed by atoms with E-state index < -0.39 is 17.3 Å². The summed E-state index contributed by atoms with van der Waals surface area (Å²) in [5.74, 6) is 1.11. The first-order valence-electron chi connectivity index (χ1n) is 12.1. The molecule has 3 aromatic rings. The third-order valence-electron chi connectivity index (χ3n) is 5.93. The standard InChI is InChI=1S/C23H30N6O3.C2H6/c1-22(2,3)32-21(30)26-16-8-23(4,9-16)31-20-19-17(14-6-7-14)11-25-29(19)13-18(27-20)15-10-24-28(5)12-15;1-2/h10-14,16H,6-9H2,1-5H3,(H,26,30);1-2H3. The van der Waals surface area contributed by atoms with Gasteiger partial charge in [0.05, 0.1) is 24.3 Å². The van der Waals surface area contributed by atoms with E-state index in [9.17, 15) is 4.79 Å². The van der Waals surface area contributed by atoms with E-state index in [1.54, 1.807) is 10.9 Å². The third-order valence-corrected chi connectivity index (χ3v) is 5.93. The number of hydrogen-bond acceptors (Lipinski definition) is 6. The van der Waals surface area contributed by atoms with Gasteiger partial charge in [0, 0.05) is 43.3 Å². The molecule has 1 N–H and O–H groups in total. The Hall–Kier alpha value is -3.10. The van der Waals surface area contributed by atoms with Crippen LogP contribution in [0.1, 0.15) is 78.7 Å². The maximum absolute atomic E-state index is 12.1. The lowest BCUT2D eigenvalue weighted by Gasteiger charge is -2.44. The SMILES string of the molecule is CC.Cn1cc(-c2cn3ncc(C4CC4)c3c(OC3(C)CC(NC(=O)OC(C)(C)C)C3)n2)cn1. The summed E-state index contributed by atoms with van der Waals surface area (Å²) in [5, 5.41) is 11.8. The molecule has 3 aromatic heterocycles. The zero-order chi connectivity index (χ0) is 24.7. The van der Waals surface area contributed by atoms with E-state index in [1.807, 2.05) is 64.8 Å². The summed E-state index contributed by atoms with van der Waals surface area (Å²) in [5.41, 5.74) is 2.85. The topological polar surface area (TPSA) is 95.6 Å². The molecule has 2 aliphatic carbocycles. The lowest BCUT2D eigenvalue weighted by Crippen LogP contribution is -2.57. The number of hydrogen-bond donors (Lipinski definition) is 1. The van der Waals surface area contributed by atoms with E-state index in [1.165, 1.54) is 18.4 Å². The fraction of sp³-hybridized carbons (Fsp3) is 0.600. The monoisotopic (exact) mass is 468 g/mol. The molecule has 3 heterocycles.